The van der Waals surface area contributed by atoms with Gasteiger partial charge in [-0.2, -0.15) is 5.10 Å². The molecule has 2 aromatic heterocycles. The van der Waals surface area contributed by atoms with Crippen LogP contribution in [0.4, 0.5) is 0 Å². The second-order valence-electron chi connectivity index (χ2n) is 5.01. The molecule has 5 heteroatoms. The van der Waals surface area contributed by atoms with E-state index in [1.54, 1.807) is 30.0 Å². The van der Waals surface area contributed by atoms with Crippen molar-refractivity contribution in [2.24, 2.45) is 0 Å². The molecule has 0 aliphatic heterocycles. The van der Waals surface area contributed by atoms with Gasteiger partial charge in [0, 0.05) is 18.7 Å². The molecule has 2 rings (SSSR count). The molecule has 0 atom stereocenters. The molecule has 0 radical (unpaired) electrons. The summed E-state index contributed by atoms with van der Waals surface area (Å²) in [5.41, 5.74) is 1.30. The van der Waals surface area contributed by atoms with E-state index in [1.165, 1.54) is 0 Å². The summed E-state index contributed by atoms with van der Waals surface area (Å²) in [6.45, 7) is 6.16. The van der Waals surface area contributed by atoms with Gasteiger partial charge in [0.1, 0.15) is 0 Å². The number of nitrogens with zero attached hydrogens (tertiary/aromatic N) is 3. The Morgan fingerprint density at radius 3 is 2.71 bits per heavy atom. The first kappa shape index (κ1) is 11.6. The lowest BCUT2D eigenvalue weighted by Gasteiger charge is -2.15. The minimum Gasteiger partial charge on any atom is -0.355 e. The first-order chi connectivity index (χ1) is 7.91. The Bertz CT molecular complexity index is 565. The maximum atomic E-state index is 11.5. The minimum absolute atomic E-state index is 0.106. The topological polar surface area (TPSA) is 59.3 Å². The van der Waals surface area contributed by atoms with E-state index in [-0.39, 0.29) is 11.3 Å². The number of fused-ring (bicyclic) bond motifs is 1. The van der Waals surface area contributed by atoms with Crippen LogP contribution in [-0.2, 0) is 5.41 Å². The maximum absolute atomic E-state index is 11.5. The van der Waals surface area contributed by atoms with E-state index in [2.05, 4.69) is 36.2 Å². The van der Waals surface area contributed by atoms with Gasteiger partial charge in [-0.3, -0.25) is 4.79 Å². The molecule has 1 amide bonds. The second-order valence-corrected chi connectivity index (χ2v) is 5.01. The summed E-state index contributed by atoms with van der Waals surface area (Å²) < 4.78 is 1.69. The minimum atomic E-state index is -0.118. The lowest BCUT2D eigenvalue weighted by molar-refractivity contribution is 0.0963. The number of carbonyl (C=O) groups excluding carboxylic acids is 1. The van der Waals surface area contributed by atoms with Gasteiger partial charge in [0.05, 0.1) is 17.3 Å². The van der Waals surface area contributed by atoms with Crippen LogP contribution < -0.4 is 5.32 Å². The molecule has 0 bridgehead atoms. The molecule has 2 aromatic rings. The number of hydrogen-bond acceptors (Lipinski definition) is 3. The second kappa shape index (κ2) is 3.84. The van der Waals surface area contributed by atoms with Crippen LogP contribution in [0.25, 0.3) is 5.52 Å². The van der Waals surface area contributed by atoms with Gasteiger partial charge in [-0.25, -0.2) is 9.50 Å². The molecule has 0 spiro atoms. The van der Waals surface area contributed by atoms with Crippen LogP contribution >= 0.6 is 0 Å². The van der Waals surface area contributed by atoms with Gasteiger partial charge in [-0.1, -0.05) is 20.8 Å². The Balaban J connectivity index is 2.52. The summed E-state index contributed by atoms with van der Waals surface area (Å²) in [6.07, 6.45) is 3.45. The molecule has 90 valence electrons. The van der Waals surface area contributed by atoms with Crippen molar-refractivity contribution < 1.29 is 4.79 Å². The summed E-state index contributed by atoms with van der Waals surface area (Å²) in [5.74, 6) is 0.636. The summed E-state index contributed by atoms with van der Waals surface area (Å²) in [6, 6.07) is 1.77. The van der Waals surface area contributed by atoms with Crippen molar-refractivity contribution in [3.8, 4) is 0 Å². The van der Waals surface area contributed by atoms with Gasteiger partial charge in [0.2, 0.25) is 0 Å². The molecular weight excluding hydrogens is 216 g/mol. The van der Waals surface area contributed by atoms with Crippen LogP contribution in [0.2, 0.25) is 0 Å². The normalized spacial score (nSPS) is 11.8. The summed E-state index contributed by atoms with van der Waals surface area (Å²) >= 11 is 0. The fourth-order valence-electron chi connectivity index (χ4n) is 1.52. The first-order valence-corrected chi connectivity index (χ1v) is 5.50. The van der Waals surface area contributed by atoms with E-state index in [4.69, 9.17) is 0 Å². The number of rotatable bonds is 1. The highest BCUT2D eigenvalue weighted by Crippen LogP contribution is 2.18. The van der Waals surface area contributed by atoms with Crippen molar-refractivity contribution in [2.45, 2.75) is 26.2 Å². The van der Waals surface area contributed by atoms with Gasteiger partial charge in [0.25, 0.3) is 5.91 Å². The number of nitrogens with one attached hydrogen (secondary N) is 1. The first-order valence-electron chi connectivity index (χ1n) is 5.50. The number of hydrogen-bond donors (Lipinski definition) is 1. The Kier molecular flexibility index (Phi) is 2.61. The lowest BCUT2D eigenvalue weighted by Crippen LogP contribution is -2.18. The van der Waals surface area contributed by atoms with Crippen LogP contribution in [0.3, 0.4) is 0 Å². The van der Waals surface area contributed by atoms with E-state index in [0.717, 1.165) is 11.3 Å². The van der Waals surface area contributed by atoms with Crippen LogP contribution in [0.5, 0.6) is 0 Å². The Morgan fingerprint density at radius 2 is 2.12 bits per heavy atom. The van der Waals surface area contributed by atoms with Gasteiger partial charge in [0.15, 0.2) is 5.82 Å². The highest BCUT2D eigenvalue weighted by atomic mass is 16.1. The maximum Gasteiger partial charge on any atom is 0.252 e. The van der Waals surface area contributed by atoms with Crippen molar-refractivity contribution in [3.05, 3.63) is 29.8 Å². The molecule has 0 aliphatic rings. The van der Waals surface area contributed by atoms with Crippen molar-refractivity contribution in [2.75, 3.05) is 7.05 Å². The highest BCUT2D eigenvalue weighted by Gasteiger charge is 2.18. The third kappa shape index (κ3) is 2.13. The van der Waals surface area contributed by atoms with Crippen molar-refractivity contribution in [1.82, 2.24) is 19.9 Å². The molecule has 0 fully saturated rings. The largest absolute Gasteiger partial charge is 0.355 e. The van der Waals surface area contributed by atoms with Crippen LogP contribution in [-0.4, -0.2) is 27.6 Å². The third-order valence-corrected chi connectivity index (χ3v) is 2.51. The molecule has 17 heavy (non-hydrogen) atoms. The zero-order chi connectivity index (χ0) is 12.6. The number of carbonyl (C=O) groups is 1. The number of amides is 1. The molecule has 0 aromatic carbocycles. The van der Waals surface area contributed by atoms with Gasteiger partial charge in [-0.15, -0.1) is 0 Å². The average Bonchev–Trinajstić information content (AvgIpc) is 2.69. The van der Waals surface area contributed by atoms with E-state index >= 15 is 0 Å². The van der Waals surface area contributed by atoms with Crippen molar-refractivity contribution in [1.29, 1.82) is 0 Å². The number of aromatic nitrogens is 3. The van der Waals surface area contributed by atoms with Gasteiger partial charge < -0.3 is 5.32 Å². The fourth-order valence-corrected chi connectivity index (χ4v) is 1.52. The molecule has 1 N–H and O–H groups in total. The van der Waals surface area contributed by atoms with Gasteiger partial charge in [-0.05, 0) is 6.07 Å². The summed E-state index contributed by atoms with van der Waals surface area (Å²) in [4.78, 5) is 15.8. The monoisotopic (exact) mass is 232 g/mol. The molecule has 0 aliphatic carbocycles. The van der Waals surface area contributed by atoms with Crippen LogP contribution in [0, 0.1) is 0 Å². The molecule has 0 saturated carbocycles. The standard InChI is InChI=1S/C12H16N4O/c1-12(2,3)11-14-6-9-5-8(10(17)13-4)7-16(9)15-11/h5-7H,1-4H3,(H,13,17). The zero-order valence-corrected chi connectivity index (χ0v) is 10.5. The molecule has 0 saturated heterocycles. The molecular formula is C12H16N4O. The lowest BCUT2D eigenvalue weighted by atomic mass is 9.96. The van der Waals surface area contributed by atoms with Gasteiger partial charge >= 0.3 is 0 Å². The molecule has 0 unspecified atom stereocenters. The van der Waals surface area contributed by atoms with E-state index in [0.29, 0.717) is 5.56 Å². The SMILES string of the molecule is CNC(=O)c1cc2cnc(C(C)(C)C)nn2c1. The van der Waals surface area contributed by atoms with Crippen molar-refractivity contribution in [3.63, 3.8) is 0 Å². The van der Waals surface area contributed by atoms with E-state index < -0.39 is 0 Å². The third-order valence-electron chi connectivity index (χ3n) is 2.51. The van der Waals surface area contributed by atoms with Crippen LogP contribution in [0.1, 0.15) is 37.0 Å². The Hall–Kier alpha value is -1.91. The summed E-state index contributed by atoms with van der Waals surface area (Å²) in [7, 11) is 1.61. The molecule has 2 heterocycles. The quantitative estimate of drug-likeness (QED) is 0.808. The van der Waals surface area contributed by atoms with E-state index in [1.807, 2.05) is 0 Å². The Morgan fingerprint density at radius 1 is 1.41 bits per heavy atom. The van der Waals surface area contributed by atoms with Crippen molar-refractivity contribution >= 4 is 11.4 Å². The highest BCUT2D eigenvalue weighted by molar-refractivity contribution is 5.95. The fraction of sp³-hybridized carbons (Fsp3) is 0.417. The smallest absolute Gasteiger partial charge is 0.252 e. The Labute approximate surface area is 99.9 Å². The van der Waals surface area contributed by atoms with Crippen LogP contribution in [0.15, 0.2) is 18.5 Å². The van der Waals surface area contributed by atoms with E-state index in [9.17, 15) is 4.79 Å². The average molecular weight is 232 g/mol. The predicted octanol–water partition coefficient (Wildman–Crippen LogP) is 1.39. The molecule has 5 nitrogen and oxygen atoms in total. The summed E-state index contributed by atoms with van der Waals surface area (Å²) in [5, 5.41) is 7.00. The zero-order valence-electron chi connectivity index (χ0n) is 10.5. The predicted molar refractivity (Wildman–Crippen MR) is 65.1 cm³/mol.